The number of carboxylic acid groups (broad SMARTS) is 1. The molecule has 1 unspecified atom stereocenters. The Morgan fingerprint density at radius 2 is 1.94 bits per heavy atom. The number of aliphatic carboxylic acids is 1. The van der Waals surface area contributed by atoms with Crippen LogP contribution in [0.25, 0.3) is 0 Å². The maximum atomic E-state index is 11.3. The van der Waals surface area contributed by atoms with Crippen LogP contribution in [0.4, 0.5) is 0 Å². The first-order valence-corrected chi connectivity index (χ1v) is 6.06. The Morgan fingerprint density at radius 1 is 1.29 bits per heavy atom. The maximum absolute atomic E-state index is 11.3. The Kier molecular flexibility index (Phi) is 5.01. The second-order valence-electron chi connectivity index (χ2n) is 4.41. The molecule has 1 rings (SSSR count). The molecule has 1 aromatic rings. The maximum Gasteiger partial charge on any atom is 0.347 e. The van der Waals surface area contributed by atoms with Gasteiger partial charge in [-0.3, -0.25) is 0 Å². The van der Waals surface area contributed by atoms with Crippen molar-refractivity contribution in [1.82, 2.24) is 0 Å². The number of benzene rings is 1. The van der Waals surface area contributed by atoms with Crippen LogP contribution in [-0.4, -0.2) is 16.7 Å². The Hall–Kier alpha value is -1.51. The molecule has 0 fully saturated rings. The lowest BCUT2D eigenvalue weighted by Gasteiger charge is -2.26. The highest BCUT2D eigenvalue weighted by Gasteiger charge is 2.34. The third kappa shape index (κ3) is 4.10. The van der Waals surface area contributed by atoms with Gasteiger partial charge in [0.25, 0.3) is 0 Å². The molecule has 0 heterocycles. The molecule has 0 spiro atoms. The summed E-state index contributed by atoms with van der Waals surface area (Å²) in [5.41, 5.74) is -1.13. The molecular weight excluding hydrogens is 216 g/mol. The molecule has 0 saturated carbocycles. The molecule has 1 aromatic carbocycles. The molecule has 1 atom stereocenters. The fourth-order valence-corrected chi connectivity index (χ4v) is 1.66. The van der Waals surface area contributed by atoms with Gasteiger partial charge in [0, 0.05) is 0 Å². The molecule has 0 radical (unpaired) electrons. The first-order valence-electron chi connectivity index (χ1n) is 6.06. The summed E-state index contributed by atoms with van der Waals surface area (Å²) in [6.45, 7) is 3.73. The Labute approximate surface area is 102 Å². The molecule has 0 aliphatic carbocycles. The first-order chi connectivity index (χ1) is 8.08. The van der Waals surface area contributed by atoms with Gasteiger partial charge >= 0.3 is 5.97 Å². The van der Waals surface area contributed by atoms with Crippen molar-refractivity contribution in [1.29, 1.82) is 0 Å². The molecule has 0 aromatic heterocycles. The summed E-state index contributed by atoms with van der Waals surface area (Å²) in [5.74, 6) is -0.300. The van der Waals surface area contributed by atoms with Gasteiger partial charge in [-0.25, -0.2) is 4.79 Å². The van der Waals surface area contributed by atoms with Crippen LogP contribution < -0.4 is 4.74 Å². The second-order valence-corrected chi connectivity index (χ2v) is 4.41. The SMILES string of the molecule is CCCCCC(C)(Oc1ccccc1)C(=O)O. The molecule has 17 heavy (non-hydrogen) atoms. The zero-order chi connectivity index (χ0) is 12.7. The second kappa shape index (κ2) is 6.28. The number of para-hydroxylation sites is 1. The fraction of sp³-hybridized carbons (Fsp3) is 0.500. The van der Waals surface area contributed by atoms with E-state index in [-0.39, 0.29) is 0 Å². The van der Waals surface area contributed by atoms with Crippen molar-refractivity contribution in [3.05, 3.63) is 30.3 Å². The number of carboxylic acids is 1. The molecule has 3 nitrogen and oxygen atoms in total. The van der Waals surface area contributed by atoms with E-state index in [0.29, 0.717) is 12.2 Å². The summed E-state index contributed by atoms with van der Waals surface area (Å²) in [4.78, 5) is 11.3. The predicted octanol–water partition coefficient (Wildman–Crippen LogP) is 3.49. The highest BCUT2D eigenvalue weighted by Crippen LogP contribution is 2.23. The van der Waals surface area contributed by atoms with Crippen LogP contribution in [0.15, 0.2) is 30.3 Å². The molecule has 1 N–H and O–H groups in total. The standard InChI is InChI=1S/C14H20O3/c1-3-4-8-11-14(2,13(15)16)17-12-9-6-5-7-10-12/h5-7,9-10H,3-4,8,11H2,1-2H3,(H,15,16). The van der Waals surface area contributed by atoms with Gasteiger partial charge in [-0.2, -0.15) is 0 Å². The molecular formula is C14H20O3. The largest absolute Gasteiger partial charge is 0.478 e. The Bertz CT molecular complexity index is 348. The average molecular weight is 236 g/mol. The number of ether oxygens (including phenoxy) is 1. The summed E-state index contributed by atoms with van der Waals surface area (Å²) in [6.07, 6.45) is 3.50. The predicted molar refractivity (Wildman–Crippen MR) is 67.3 cm³/mol. The van der Waals surface area contributed by atoms with Gasteiger partial charge < -0.3 is 9.84 Å². The molecule has 0 aliphatic rings. The quantitative estimate of drug-likeness (QED) is 0.737. The topological polar surface area (TPSA) is 46.5 Å². The van der Waals surface area contributed by atoms with E-state index in [1.165, 1.54) is 0 Å². The van der Waals surface area contributed by atoms with Crippen molar-refractivity contribution in [2.24, 2.45) is 0 Å². The van der Waals surface area contributed by atoms with Gasteiger partial charge in [-0.05, 0) is 31.9 Å². The fourth-order valence-electron chi connectivity index (χ4n) is 1.66. The average Bonchev–Trinajstić information content (AvgIpc) is 2.30. The van der Waals surface area contributed by atoms with Gasteiger partial charge in [0.15, 0.2) is 0 Å². The third-order valence-corrected chi connectivity index (χ3v) is 2.80. The van der Waals surface area contributed by atoms with Crippen molar-refractivity contribution in [2.45, 2.75) is 45.1 Å². The van der Waals surface area contributed by atoms with Crippen LogP contribution in [0, 0.1) is 0 Å². The molecule has 3 heteroatoms. The van der Waals surface area contributed by atoms with E-state index in [0.717, 1.165) is 19.3 Å². The summed E-state index contributed by atoms with van der Waals surface area (Å²) >= 11 is 0. The highest BCUT2D eigenvalue weighted by molar-refractivity contribution is 5.77. The monoisotopic (exact) mass is 236 g/mol. The molecule has 0 aliphatic heterocycles. The number of hydrogen-bond donors (Lipinski definition) is 1. The van der Waals surface area contributed by atoms with Crippen molar-refractivity contribution in [3.63, 3.8) is 0 Å². The van der Waals surface area contributed by atoms with Crippen molar-refractivity contribution in [3.8, 4) is 5.75 Å². The summed E-state index contributed by atoms with van der Waals surface area (Å²) in [5, 5.41) is 9.27. The number of hydrogen-bond acceptors (Lipinski definition) is 2. The lowest BCUT2D eigenvalue weighted by molar-refractivity contribution is -0.154. The van der Waals surface area contributed by atoms with Crippen molar-refractivity contribution in [2.75, 3.05) is 0 Å². The van der Waals surface area contributed by atoms with Gasteiger partial charge in [-0.15, -0.1) is 0 Å². The van der Waals surface area contributed by atoms with Gasteiger partial charge in [0.1, 0.15) is 5.75 Å². The van der Waals surface area contributed by atoms with Gasteiger partial charge in [-0.1, -0.05) is 38.0 Å². The summed E-state index contributed by atoms with van der Waals surface area (Å²) in [7, 11) is 0. The molecule has 94 valence electrons. The molecule has 0 saturated heterocycles. The van der Waals surface area contributed by atoms with E-state index in [2.05, 4.69) is 6.92 Å². The number of rotatable bonds is 7. The van der Waals surface area contributed by atoms with E-state index in [4.69, 9.17) is 4.74 Å². The van der Waals surface area contributed by atoms with Gasteiger partial charge in [0.05, 0.1) is 0 Å². The van der Waals surface area contributed by atoms with E-state index in [1.807, 2.05) is 18.2 Å². The molecule has 0 bridgehead atoms. The van der Waals surface area contributed by atoms with Crippen LogP contribution in [0.1, 0.15) is 39.5 Å². The third-order valence-electron chi connectivity index (χ3n) is 2.80. The number of carbonyl (C=O) groups is 1. The van der Waals surface area contributed by atoms with E-state index in [1.54, 1.807) is 19.1 Å². The minimum Gasteiger partial charge on any atom is -0.478 e. The lowest BCUT2D eigenvalue weighted by atomic mass is 9.98. The zero-order valence-corrected chi connectivity index (χ0v) is 10.5. The van der Waals surface area contributed by atoms with E-state index >= 15 is 0 Å². The normalized spacial score (nSPS) is 14.0. The van der Waals surface area contributed by atoms with Crippen molar-refractivity contribution < 1.29 is 14.6 Å². The van der Waals surface area contributed by atoms with Crippen LogP contribution in [0.5, 0.6) is 5.75 Å². The summed E-state index contributed by atoms with van der Waals surface area (Å²) in [6, 6.07) is 9.11. The Morgan fingerprint density at radius 3 is 2.47 bits per heavy atom. The van der Waals surface area contributed by atoms with Crippen LogP contribution >= 0.6 is 0 Å². The zero-order valence-electron chi connectivity index (χ0n) is 10.5. The first kappa shape index (κ1) is 13.6. The minimum absolute atomic E-state index is 0.533. The Balaban J connectivity index is 2.68. The van der Waals surface area contributed by atoms with Crippen LogP contribution in [-0.2, 0) is 4.79 Å². The lowest BCUT2D eigenvalue weighted by Crippen LogP contribution is -2.41. The van der Waals surface area contributed by atoms with Crippen LogP contribution in [0.2, 0.25) is 0 Å². The van der Waals surface area contributed by atoms with Gasteiger partial charge in [0.2, 0.25) is 5.60 Å². The minimum atomic E-state index is -1.13. The van der Waals surface area contributed by atoms with Crippen molar-refractivity contribution >= 4 is 5.97 Å². The smallest absolute Gasteiger partial charge is 0.347 e. The van der Waals surface area contributed by atoms with E-state index in [9.17, 15) is 9.90 Å². The summed E-state index contributed by atoms with van der Waals surface area (Å²) < 4.78 is 5.61. The number of unbranched alkanes of at least 4 members (excludes halogenated alkanes) is 2. The molecule has 0 amide bonds. The highest BCUT2D eigenvalue weighted by atomic mass is 16.5. The van der Waals surface area contributed by atoms with Crippen LogP contribution in [0.3, 0.4) is 0 Å². The van der Waals surface area contributed by atoms with E-state index < -0.39 is 11.6 Å².